The van der Waals surface area contributed by atoms with Gasteiger partial charge in [-0.15, -0.1) is 0 Å². The van der Waals surface area contributed by atoms with Crippen LogP contribution in [-0.4, -0.2) is 20.9 Å². The van der Waals surface area contributed by atoms with Gasteiger partial charge in [-0.3, -0.25) is 9.52 Å². The van der Waals surface area contributed by atoms with Crippen LogP contribution in [0.4, 0.5) is 11.4 Å². The van der Waals surface area contributed by atoms with E-state index in [0.717, 1.165) is 4.47 Å². The number of hydrogen-bond acceptors (Lipinski definition) is 4. The van der Waals surface area contributed by atoms with E-state index < -0.39 is 15.9 Å². The van der Waals surface area contributed by atoms with Gasteiger partial charge in [0.2, 0.25) is 0 Å². The first-order valence-electron chi connectivity index (χ1n) is 8.80. The number of sulfonamides is 1. The van der Waals surface area contributed by atoms with Crippen LogP contribution in [-0.2, 0) is 10.0 Å². The fraction of sp³-hybridized carbons (Fsp3) is 0.0952. The molecule has 0 atom stereocenters. The molecule has 0 fully saturated rings. The summed E-state index contributed by atoms with van der Waals surface area (Å²) in [7, 11) is -3.84. The van der Waals surface area contributed by atoms with E-state index in [1.165, 1.54) is 18.2 Å². The number of carbonyl (C=O) groups is 1. The van der Waals surface area contributed by atoms with Crippen molar-refractivity contribution in [2.75, 3.05) is 16.6 Å². The summed E-state index contributed by atoms with van der Waals surface area (Å²) in [4.78, 5) is 12.7. The van der Waals surface area contributed by atoms with Crippen molar-refractivity contribution in [2.45, 2.75) is 11.8 Å². The van der Waals surface area contributed by atoms with E-state index in [1.54, 1.807) is 48.5 Å². The highest BCUT2D eigenvalue weighted by atomic mass is 79.9. The van der Waals surface area contributed by atoms with Gasteiger partial charge in [-0.1, -0.05) is 34.1 Å². The first-order chi connectivity index (χ1) is 13.9. The maximum atomic E-state index is 12.7. The Morgan fingerprint density at radius 2 is 1.72 bits per heavy atom. The number of para-hydroxylation sites is 2. The highest BCUT2D eigenvalue weighted by Gasteiger charge is 2.17. The van der Waals surface area contributed by atoms with E-state index in [1.807, 2.05) is 13.0 Å². The molecule has 0 bridgehead atoms. The highest BCUT2D eigenvalue weighted by molar-refractivity contribution is 9.10. The molecule has 0 unspecified atom stereocenters. The molecule has 6 nitrogen and oxygen atoms in total. The summed E-state index contributed by atoms with van der Waals surface area (Å²) in [6.45, 7) is 2.31. The van der Waals surface area contributed by atoms with Crippen LogP contribution in [0.2, 0.25) is 0 Å². The molecule has 29 heavy (non-hydrogen) atoms. The second-order valence-electron chi connectivity index (χ2n) is 6.02. The smallest absolute Gasteiger partial charge is 0.261 e. The minimum atomic E-state index is -3.84. The van der Waals surface area contributed by atoms with E-state index in [2.05, 4.69) is 26.0 Å². The number of rotatable bonds is 7. The predicted octanol–water partition coefficient (Wildman–Crippen LogP) is 4.90. The molecule has 0 saturated heterocycles. The molecule has 1 amide bonds. The van der Waals surface area contributed by atoms with E-state index in [9.17, 15) is 13.2 Å². The molecule has 150 valence electrons. The van der Waals surface area contributed by atoms with Crippen LogP contribution in [0.25, 0.3) is 0 Å². The molecular formula is C21H19BrN2O4S. The highest BCUT2D eigenvalue weighted by Crippen LogP contribution is 2.25. The Kier molecular flexibility index (Phi) is 6.56. The van der Waals surface area contributed by atoms with Gasteiger partial charge in [-0.25, -0.2) is 8.42 Å². The third-order valence-corrected chi connectivity index (χ3v) is 5.85. The Labute approximate surface area is 178 Å². The van der Waals surface area contributed by atoms with Gasteiger partial charge in [-0.2, -0.15) is 0 Å². The Morgan fingerprint density at radius 3 is 2.45 bits per heavy atom. The molecule has 0 aliphatic carbocycles. The van der Waals surface area contributed by atoms with E-state index in [-0.39, 0.29) is 10.5 Å². The Bertz CT molecular complexity index is 1120. The largest absolute Gasteiger partial charge is 0.492 e. The number of anilines is 2. The molecule has 0 aliphatic heterocycles. The molecule has 0 aliphatic rings. The summed E-state index contributed by atoms with van der Waals surface area (Å²) in [5.41, 5.74) is 1.16. The minimum Gasteiger partial charge on any atom is -0.492 e. The van der Waals surface area contributed by atoms with Crippen LogP contribution in [0.15, 0.2) is 82.2 Å². The number of hydrogen-bond donors (Lipinski definition) is 2. The van der Waals surface area contributed by atoms with Crippen LogP contribution in [0, 0.1) is 0 Å². The summed E-state index contributed by atoms with van der Waals surface area (Å²) in [6.07, 6.45) is 0. The molecule has 3 aromatic carbocycles. The van der Waals surface area contributed by atoms with Crippen LogP contribution >= 0.6 is 15.9 Å². The lowest BCUT2D eigenvalue weighted by Crippen LogP contribution is -2.16. The van der Waals surface area contributed by atoms with Gasteiger partial charge in [0, 0.05) is 15.7 Å². The topological polar surface area (TPSA) is 84.5 Å². The van der Waals surface area contributed by atoms with Gasteiger partial charge in [0.15, 0.2) is 0 Å². The number of halogens is 1. The van der Waals surface area contributed by atoms with Gasteiger partial charge >= 0.3 is 0 Å². The van der Waals surface area contributed by atoms with E-state index in [0.29, 0.717) is 23.7 Å². The van der Waals surface area contributed by atoms with Gasteiger partial charge in [-0.05, 0) is 61.5 Å². The SMILES string of the molecule is CCOc1ccccc1NC(=O)c1cccc(S(=O)(=O)Nc2ccc(Br)cc2)c1. The molecule has 3 aromatic rings. The quantitative estimate of drug-likeness (QED) is 0.509. The maximum Gasteiger partial charge on any atom is 0.261 e. The molecule has 0 spiro atoms. The van der Waals surface area contributed by atoms with Gasteiger partial charge in [0.25, 0.3) is 15.9 Å². The van der Waals surface area contributed by atoms with Crippen molar-refractivity contribution in [2.24, 2.45) is 0 Å². The van der Waals surface area contributed by atoms with E-state index >= 15 is 0 Å². The van der Waals surface area contributed by atoms with Crippen molar-refractivity contribution in [3.8, 4) is 5.75 Å². The summed E-state index contributed by atoms with van der Waals surface area (Å²) < 4.78 is 34.2. The molecule has 8 heteroatoms. The Hall–Kier alpha value is -2.84. The molecule has 0 radical (unpaired) electrons. The summed E-state index contributed by atoms with van der Waals surface area (Å²) in [6, 6.07) is 19.7. The molecule has 0 heterocycles. The van der Waals surface area contributed by atoms with Crippen LogP contribution in [0.5, 0.6) is 5.75 Å². The monoisotopic (exact) mass is 474 g/mol. The second-order valence-corrected chi connectivity index (χ2v) is 8.62. The third-order valence-electron chi connectivity index (χ3n) is 3.94. The standard InChI is InChI=1S/C21H19BrN2O4S/c1-2-28-20-9-4-3-8-19(20)23-21(25)15-6-5-7-18(14-15)29(26,27)24-17-12-10-16(22)11-13-17/h3-14,24H,2H2,1H3,(H,23,25). The van der Waals surface area contributed by atoms with Gasteiger partial charge in [0.05, 0.1) is 17.2 Å². The van der Waals surface area contributed by atoms with E-state index in [4.69, 9.17) is 4.74 Å². The fourth-order valence-electron chi connectivity index (χ4n) is 2.58. The lowest BCUT2D eigenvalue weighted by molar-refractivity contribution is 0.102. The minimum absolute atomic E-state index is 0.00818. The third kappa shape index (κ3) is 5.36. The van der Waals surface area contributed by atoms with Crippen LogP contribution in [0.1, 0.15) is 17.3 Å². The molecular weight excluding hydrogens is 456 g/mol. The summed E-state index contributed by atoms with van der Waals surface area (Å²) >= 11 is 3.31. The van der Waals surface area contributed by atoms with Crippen LogP contribution in [0.3, 0.4) is 0 Å². The Morgan fingerprint density at radius 1 is 1.00 bits per heavy atom. The first kappa shape index (κ1) is 20.9. The number of ether oxygens (including phenoxy) is 1. The molecule has 2 N–H and O–H groups in total. The average Bonchev–Trinajstić information content (AvgIpc) is 2.71. The lowest BCUT2D eigenvalue weighted by atomic mass is 10.2. The molecule has 0 aromatic heterocycles. The number of carbonyl (C=O) groups excluding carboxylic acids is 1. The summed E-state index contributed by atoms with van der Waals surface area (Å²) in [5.74, 6) is 0.113. The van der Waals surface area contributed by atoms with Crippen molar-refractivity contribution >= 4 is 43.2 Å². The first-order valence-corrected chi connectivity index (χ1v) is 11.1. The zero-order valence-corrected chi connectivity index (χ0v) is 18.0. The maximum absolute atomic E-state index is 12.7. The molecule has 3 rings (SSSR count). The Balaban J connectivity index is 1.81. The van der Waals surface area contributed by atoms with Crippen molar-refractivity contribution in [3.63, 3.8) is 0 Å². The van der Waals surface area contributed by atoms with Gasteiger partial charge in [0.1, 0.15) is 5.75 Å². The fourth-order valence-corrected chi connectivity index (χ4v) is 3.95. The van der Waals surface area contributed by atoms with Crippen LogP contribution < -0.4 is 14.8 Å². The average molecular weight is 475 g/mol. The normalized spacial score (nSPS) is 11.0. The van der Waals surface area contributed by atoms with Crippen molar-refractivity contribution < 1.29 is 17.9 Å². The second kappa shape index (κ2) is 9.11. The summed E-state index contributed by atoms with van der Waals surface area (Å²) in [5, 5.41) is 2.76. The van der Waals surface area contributed by atoms with Crippen molar-refractivity contribution in [1.29, 1.82) is 0 Å². The van der Waals surface area contributed by atoms with Gasteiger partial charge < -0.3 is 10.1 Å². The zero-order valence-electron chi connectivity index (χ0n) is 15.6. The van der Waals surface area contributed by atoms with Crippen molar-refractivity contribution in [3.05, 3.63) is 82.8 Å². The number of nitrogens with one attached hydrogen (secondary N) is 2. The number of benzene rings is 3. The molecule has 0 saturated carbocycles. The lowest BCUT2D eigenvalue weighted by Gasteiger charge is -2.12. The number of amides is 1. The van der Waals surface area contributed by atoms with Crippen molar-refractivity contribution in [1.82, 2.24) is 0 Å². The predicted molar refractivity (Wildman–Crippen MR) is 117 cm³/mol. The zero-order chi connectivity index (χ0) is 20.9.